The summed E-state index contributed by atoms with van der Waals surface area (Å²) in [6, 6.07) is -4.35. The molecule has 8 rings (SSSR count). The van der Waals surface area contributed by atoms with Crippen molar-refractivity contribution >= 4 is 70.1 Å². The van der Waals surface area contributed by atoms with Crippen LogP contribution in [0.1, 0.15) is 109 Å². The zero-order chi connectivity index (χ0) is 53.7. The van der Waals surface area contributed by atoms with Crippen LogP contribution >= 0.6 is 0 Å². The predicted octanol–water partition coefficient (Wildman–Crippen LogP) is -0.776. The van der Waals surface area contributed by atoms with Gasteiger partial charge in [-0.25, -0.2) is 9.78 Å². The molecule has 400 valence electrons. The number of carboxylic acids is 1. The molecule has 24 nitrogen and oxygen atoms in total. The van der Waals surface area contributed by atoms with Crippen molar-refractivity contribution in [2.75, 3.05) is 13.1 Å². The van der Waals surface area contributed by atoms with Gasteiger partial charge in [0, 0.05) is 60.9 Å². The number of imidazole rings is 1. The summed E-state index contributed by atoms with van der Waals surface area (Å²) in [5.41, 5.74) is 12.9. The standard InChI is InChI=1S/C50H70N14O10/c1-23(2)17-33-44(68)61-39(25(5)6)46(70)59-34-20-29-28-12-11-26(38(24(3)4)40(47(71)58-33)62-43(67)31-13-14-37(65)55-31)18-32(28)56-41(29)63-21-27(54-22-63)19-35(49(73)74)60-42(66)30(9-7-15-53-50(51)52)57-45(69)36-10-8-16-64(36)48(34)72/h11-12,18,21-25,30-31,33-36,38-40,56H,7-10,13-17,19-20H2,1-6H3,(H,55,65)(H,57,69)(H,58,71)(H,59,70)(H,60,66)(H,61,68)(H,62,67)(H,73,74)(H4,51,52,53)/t30-,31-,33-,34-,35+,36?,38+,39-,40-/m0/s1. The number of nitrogens with zero attached hydrogens (tertiary/aromatic N) is 4. The number of aromatic amines is 1. The maximum Gasteiger partial charge on any atom is 0.326 e. The van der Waals surface area contributed by atoms with Crippen LogP contribution in [-0.4, -0.2) is 145 Å². The van der Waals surface area contributed by atoms with Crippen molar-refractivity contribution < 1.29 is 48.3 Å². The highest BCUT2D eigenvalue weighted by Crippen LogP contribution is 2.35. The lowest BCUT2D eigenvalue weighted by molar-refractivity contribution is -0.143. The number of nitrogens with one attached hydrogen (secondary N) is 8. The fourth-order valence-corrected chi connectivity index (χ4v) is 10.5. The zero-order valence-corrected chi connectivity index (χ0v) is 42.7. The summed E-state index contributed by atoms with van der Waals surface area (Å²) >= 11 is 0. The minimum absolute atomic E-state index is 0.00936. The number of amides is 8. The fourth-order valence-electron chi connectivity index (χ4n) is 10.5. The topological polar surface area (TPSA) is 359 Å². The second kappa shape index (κ2) is 23.1. The molecule has 0 saturated carbocycles. The number of carbonyl (C=O) groups is 9. The van der Waals surface area contributed by atoms with E-state index >= 15 is 4.79 Å². The number of benzene rings is 1. The molecule has 1 unspecified atom stereocenters. The number of aliphatic carboxylic acids is 1. The van der Waals surface area contributed by atoms with E-state index in [0.29, 0.717) is 34.3 Å². The summed E-state index contributed by atoms with van der Waals surface area (Å²) in [6.07, 6.45) is 3.94. The van der Waals surface area contributed by atoms with Gasteiger partial charge in [0.2, 0.25) is 47.3 Å². The lowest BCUT2D eigenvalue weighted by Crippen LogP contribution is -2.61. The Labute approximate surface area is 428 Å². The van der Waals surface area contributed by atoms with Crippen LogP contribution in [0.4, 0.5) is 0 Å². The molecule has 7 bridgehead atoms. The molecule has 74 heavy (non-hydrogen) atoms. The van der Waals surface area contributed by atoms with Crippen LogP contribution < -0.4 is 48.7 Å². The van der Waals surface area contributed by atoms with Gasteiger partial charge >= 0.3 is 5.97 Å². The number of aromatic nitrogens is 3. The number of guanidine groups is 1. The highest BCUT2D eigenvalue weighted by molar-refractivity contribution is 6.00. The highest BCUT2D eigenvalue weighted by atomic mass is 16.4. The van der Waals surface area contributed by atoms with Crippen molar-refractivity contribution in [1.82, 2.24) is 56.7 Å². The first kappa shape index (κ1) is 54.2. The van der Waals surface area contributed by atoms with Crippen molar-refractivity contribution in [2.45, 2.75) is 154 Å². The van der Waals surface area contributed by atoms with Crippen molar-refractivity contribution in [2.24, 2.45) is 34.2 Å². The molecule has 5 aliphatic heterocycles. The van der Waals surface area contributed by atoms with E-state index in [4.69, 9.17) is 11.5 Å². The average Bonchev–Trinajstić information content (AvgIpc) is 4.17. The summed E-state index contributed by atoms with van der Waals surface area (Å²) in [5.74, 6) is -7.88. The highest BCUT2D eigenvalue weighted by Gasteiger charge is 2.43. The Morgan fingerprint density at radius 1 is 0.838 bits per heavy atom. The summed E-state index contributed by atoms with van der Waals surface area (Å²) in [6.45, 7) is 11.2. The summed E-state index contributed by atoms with van der Waals surface area (Å²) < 4.78 is 1.61. The van der Waals surface area contributed by atoms with Gasteiger partial charge in [0.15, 0.2) is 5.96 Å². The molecule has 0 aliphatic carbocycles. The minimum Gasteiger partial charge on any atom is -0.480 e. The molecule has 2 saturated heterocycles. The number of carbonyl (C=O) groups excluding carboxylic acids is 8. The van der Waals surface area contributed by atoms with Crippen molar-refractivity contribution in [1.29, 1.82) is 0 Å². The van der Waals surface area contributed by atoms with Gasteiger partial charge in [-0.1, -0.05) is 53.7 Å². The first-order chi connectivity index (χ1) is 35.1. The normalized spacial score (nSPS) is 26.3. The fraction of sp³-hybridized carbons (Fsp3) is 0.580. The monoisotopic (exact) mass is 1030 g/mol. The third kappa shape index (κ3) is 12.4. The smallest absolute Gasteiger partial charge is 0.326 e. The Hall–Kier alpha value is -7.53. The molecule has 24 heteroatoms. The Kier molecular flexibility index (Phi) is 17.0. The minimum atomic E-state index is -1.49. The predicted molar refractivity (Wildman–Crippen MR) is 270 cm³/mol. The van der Waals surface area contributed by atoms with E-state index in [1.165, 1.54) is 11.2 Å². The largest absolute Gasteiger partial charge is 0.480 e. The third-order valence-corrected chi connectivity index (χ3v) is 14.2. The number of nitrogens with two attached hydrogens (primary N) is 2. The maximum atomic E-state index is 15.3. The van der Waals surface area contributed by atoms with Crippen molar-refractivity contribution in [3.8, 4) is 5.82 Å². The first-order valence-corrected chi connectivity index (χ1v) is 25.5. The summed E-state index contributed by atoms with van der Waals surface area (Å²) in [5, 5.41) is 30.6. The quantitative estimate of drug-likeness (QED) is 0.0487. The van der Waals surface area contributed by atoms with E-state index < -0.39 is 107 Å². The Morgan fingerprint density at radius 2 is 1.57 bits per heavy atom. The molecule has 0 spiro atoms. The number of H-pyrrole nitrogens is 1. The number of rotatable bonds is 11. The van der Waals surface area contributed by atoms with E-state index in [2.05, 4.69) is 52.2 Å². The lowest BCUT2D eigenvalue weighted by atomic mass is 9.81. The van der Waals surface area contributed by atoms with E-state index in [0.717, 1.165) is 0 Å². The molecule has 7 heterocycles. The lowest BCUT2D eigenvalue weighted by Gasteiger charge is -2.33. The molecule has 9 atom stereocenters. The number of hydrogen-bond donors (Lipinski definition) is 11. The number of fused-ring (bicyclic) bond motifs is 14. The Morgan fingerprint density at radius 3 is 2.23 bits per heavy atom. The first-order valence-electron chi connectivity index (χ1n) is 25.5. The van der Waals surface area contributed by atoms with E-state index in [1.807, 2.05) is 45.9 Å². The van der Waals surface area contributed by atoms with Crippen LogP contribution in [0.2, 0.25) is 0 Å². The summed E-state index contributed by atoms with van der Waals surface area (Å²) in [4.78, 5) is 140. The van der Waals surface area contributed by atoms with Crippen LogP contribution in [0, 0.1) is 17.8 Å². The maximum absolute atomic E-state index is 15.3. The molecular weight excluding hydrogens is 957 g/mol. The van der Waals surface area contributed by atoms with Gasteiger partial charge < -0.3 is 63.7 Å². The summed E-state index contributed by atoms with van der Waals surface area (Å²) in [7, 11) is 0. The van der Waals surface area contributed by atoms with Crippen LogP contribution in [0.5, 0.6) is 0 Å². The zero-order valence-electron chi connectivity index (χ0n) is 42.7. The van der Waals surface area contributed by atoms with Crippen LogP contribution in [0.3, 0.4) is 0 Å². The van der Waals surface area contributed by atoms with Crippen molar-refractivity contribution in [3.05, 3.63) is 47.5 Å². The van der Waals surface area contributed by atoms with Gasteiger partial charge in [0.1, 0.15) is 60.5 Å². The number of hydrogen-bond acceptors (Lipinski definition) is 11. The van der Waals surface area contributed by atoms with Crippen LogP contribution in [0.15, 0.2) is 35.7 Å². The molecule has 2 fully saturated rings. The second-order valence-electron chi connectivity index (χ2n) is 20.9. The van der Waals surface area contributed by atoms with E-state index in [9.17, 15) is 43.5 Å². The molecule has 0 radical (unpaired) electrons. The van der Waals surface area contributed by atoms with Gasteiger partial charge in [-0.05, 0) is 67.9 Å². The van der Waals surface area contributed by atoms with Gasteiger partial charge in [-0.3, -0.25) is 47.9 Å². The van der Waals surface area contributed by atoms with Crippen LogP contribution in [0.25, 0.3) is 16.7 Å². The Balaban J connectivity index is 1.41. The molecule has 8 amide bonds. The Bertz CT molecular complexity index is 2690. The average molecular weight is 1030 g/mol. The molecule has 3 aromatic rings. The third-order valence-electron chi connectivity index (χ3n) is 14.2. The van der Waals surface area contributed by atoms with Crippen molar-refractivity contribution in [3.63, 3.8) is 0 Å². The van der Waals surface area contributed by atoms with Crippen LogP contribution in [-0.2, 0) is 56.0 Å². The molecule has 13 N–H and O–H groups in total. The molecule has 5 aliphatic rings. The number of carboxylic acid groups (broad SMARTS) is 1. The van der Waals surface area contributed by atoms with E-state index in [1.54, 1.807) is 24.6 Å². The molecule has 1 aromatic carbocycles. The number of aliphatic imine (C=N–C) groups is 1. The van der Waals surface area contributed by atoms with Gasteiger partial charge in [-0.15, -0.1) is 0 Å². The van der Waals surface area contributed by atoms with Gasteiger partial charge in [0.05, 0.1) is 5.69 Å². The molecule has 2 aromatic heterocycles. The second-order valence-corrected chi connectivity index (χ2v) is 20.9. The molecular formula is C50H70N14O10. The van der Waals surface area contributed by atoms with Gasteiger partial charge in [-0.2, -0.15) is 0 Å². The SMILES string of the molecule is CC(C)C[C@@H]1NC(=O)[C@@H](NC(=O)[C@@H]2CCC(=O)N2)[C@H](C(C)C)c2ccc3c4c([nH]c3c2)-n2cnc(c2)C[C@H](C(=O)O)NC(=O)[C@H](CCCN=C(N)N)NC(=O)C2CCCN2C(=O)[C@H](C4)NC(=O)[C@H](C(C)C)NC1=O. The van der Waals surface area contributed by atoms with Gasteiger partial charge in [0.25, 0.3) is 0 Å². The van der Waals surface area contributed by atoms with E-state index in [-0.39, 0.29) is 93.9 Å².